The van der Waals surface area contributed by atoms with Crippen LogP contribution in [0, 0.1) is 5.92 Å². The van der Waals surface area contributed by atoms with Crippen molar-refractivity contribution in [2.75, 3.05) is 20.1 Å². The lowest BCUT2D eigenvalue weighted by atomic mass is 9.68. The van der Waals surface area contributed by atoms with Crippen molar-refractivity contribution >= 4 is 18.3 Å². The van der Waals surface area contributed by atoms with Crippen LogP contribution in [0.5, 0.6) is 0 Å². The number of carbonyl (C=O) groups excluding carboxylic acids is 1. The normalized spacial score (nSPS) is 25.6. The fourth-order valence-corrected chi connectivity index (χ4v) is 4.81. The number of alkyl halides is 3. The summed E-state index contributed by atoms with van der Waals surface area (Å²) in [4.78, 5) is 15.3. The van der Waals surface area contributed by atoms with E-state index in [0.29, 0.717) is 5.56 Å². The quantitative estimate of drug-likeness (QED) is 0.782. The Morgan fingerprint density at radius 3 is 2.11 bits per heavy atom. The van der Waals surface area contributed by atoms with Gasteiger partial charge in [-0.05, 0) is 56.5 Å². The maximum absolute atomic E-state index is 12.9. The predicted octanol–water partition coefficient (Wildman–Crippen LogP) is 3.68. The molecule has 1 aromatic rings. The molecule has 1 amide bonds. The second kappa shape index (κ2) is 9.01. The molecule has 2 fully saturated rings. The number of hydrogen-bond donors (Lipinski definition) is 2. The predicted molar refractivity (Wildman–Crippen MR) is 105 cm³/mol. The zero-order valence-electron chi connectivity index (χ0n) is 16.1. The van der Waals surface area contributed by atoms with E-state index in [1.54, 1.807) is 0 Å². The van der Waals surface area contributed by atoms with Crippen LogP contribution >= 0.6 is 12.4 Å². The molecule has 1 aliphatic heterocycles. The lowest BCUT2D eigenvalue weighted by Crippen LogP contribution is -2.61. The molecular formula is C20H29ClF3N3O. The first-order valence-corrected chi connectivity index (χ1v) is 9.71. The van der Waals surface area contributed by atoms with Crippen LogP contribution in [0.15, 0.2) is 24.3 Å². The molecule has 8 heteroatoms. The van der Waals surface area contributed by atoms with Gasteiger partial charge in [0.05, 0.1) is 5.56 Å². The Morgan fingerprint density at radius 1 is 1.04 bits per heavy atom. The lowest BCUT2D eigenvalue weighted by molar-refractivity contribution is -0.137. The third-order valence-corrected chi connectivity index (χ3v) is 6.22. The summed E-state index contributed by atoms with van der Waals surface area (Å²) < 4.78 is 38.8. The van der Waals surface area contributed by atoms with Crippen LogP contribution in [0.25, 0.3) is 0 Å². The number of nitrogens with zero attached hydrogens (tertiary/aromatic N) is 1. The summed E-state index contributed by atoms with van der Waals surface area (Å²) in [6, 6.07) is 4.97. The van der Waals surface area contributed by atoms with E-state index in [9.17, 15) is 18.0 Å². The maximum Gasteiger partial charge on any atom is 0.416 e. The molecule has 1 saturated carbocycles. The number of amides is 1. The second-order valence-corrected chi connectivity index (χ2v) is 7.72. The Hall–Kier alpha value is -1.31. The number of benzene rings is 1. The Kier molecular flexibility index (Phi) is 7.39. The topological polar surface area (TPSA) is 58.4 Å². The molecule has 158 valence electrons. The van der Waals surface area contributed by atoms with Crippen LogP contribution in [0.2, 0.25) is 0 Å². The van der Waals surface area contributed by atoms with Gasteiger partial charge in [-0.2, -0.15) is 13.2 Å². The van der Waals surface area contributed by atoms with E-state index in [4.69, 9.17) is 5.73 Å². The molecular weight excluding hydrogens is 391 g/mol. The molecule has 0 bridgehead atoms. The van der Waals surface area contributed by atoms with E-state index in [1.165, 1.54) is 19.2 Å². The molecule has 3 N–H and O–H groups in total. The van der Waals surface area contributed by atoms with Gasteiger partial charge in [-0.1, -0.05) is 25.0 Å². The average molecular weight is 420 g/mol. The fraction of sp³-hybridized carbons (Fsp3) is 0.650. The van der Waals surface area contributed by atoms with Crippen LogP contribution in [0.1, 0.15) is 49.7 Å². The summed E-state index contributed by atoms with van der Waals surface area (Å²) in [7, 11) is 1.53. The van der Waals surface area contributed by atoms with E-state index in [0.717, 1.165) is 63.7 Å². The van der Waals surface area contributed by atoms with Crippen molar-refractivity contribution in [3.05, 3.63) is 35.4 Å². The molecule has 0 aromatic heterocycles. The van der Waals surface area contributed by atoms with Crippen LogP contribution in [0.4, 0.5) is 13.2 Å². The maximum atomic E-state index is 12.9. The summed E-state index contributed by atoms with van der Waals surface area (Å²) in [6.07, 6.45) is 1.71. The smallest absolute Gasteiger partial charge is 0.357 e. The highest BCUT2D eigenvalue weighted by Crippen LogP contribution is 2.42. The molecule has 3 unspecified atom stereocenters. The standard InChI is InChI=1S/C20H28F3N3O.ClH/c1-25-18(27)19(24,14-8-10-15(11-9-14)20(21,22)23)16-6-2-3-7-17(16)26-12-4-5-13-26;/h8-11,16-17H,2-7,12-13,24H2,1H3,(H,25,27);1H. The molecule has 0 spiro atoms. The first-order chi connectivity index (χ1) is 12.8. The highest BCUT2D eigenvalue weighted by molar-refractivity contribution is 5.87. The number of halogens is 4. The Labute approximate surface area is 170 Å². The summed E-state index contributed by atoms with van der Waals surface area (Å²) in [5, 5.41) is 2.65. The van der Waals surface area contributed by atoms with Gasteiger partial charge in [-0.25, -0.2) is 0 Å². The van der Waals surface area contributed by atoms with E-state index in [-0.39, 0.29) is 30.3 Å². The van der Waals surface area contributed by atoms with Gasteiger partial charge in [-0.15, -0.1) is 12.4 Å². The molecule has 0 radical (unpaired) electrons. The van der Waals surface area contributed by atoms with Crippen molar-refractivity contribution < 1.29 is 18.0 Å². The third kappa shape index (κ3) is 4.31. The molecule has 4 nitrogen and oxygen atoms in total. The van der Waals surface area contributed by atoms with E-state index < -0.39 is 17.3 Å². The molecule has 1 heterocycles. The van der Waals surface area contributed by atoms with Crippen molar-refractivity contribution in [1.29, 1.82) is 0 Å². The van der Waals surface area contributed by atoms with Crippen molar-refractivity contribution in [3.8, 4) is 0 Å². The summed E-state index contributed by atoms with van der Waals surface area (Å²) in [5.74, 6) is -0.459. The summed E-state index contributed by atoms with van der Waals surface area (Å²) >= 11 is 0. The Bertz CT molecular complexity index is 662. The van der Waals surface area contributed by atoms with E-state index in [2.05, 4.69) is 10.2 Å². The molecule has 1 aliphatic carbocycles. The van der Waals surface area contributed by atoms with Gasteiger partial charge in [0.25, 0.3) is 0 Å². The number of nitrogens with two attached hydrogens (primary N) is 1. The first kappa shape index (κ1) is 23.0. The Morgan fingerprint density at radius 2 is 1.57 bits per heavy atom. The van der Waals surface area contributed by atoms with Gasteiger partial charge in [-0.3, -0.25) is 4.79 Å². The summed E-state index contributed by atoms with van der Waals surface area (Å²) in [6.45, 7) is 2.00. The minimum absolute atomic E-state index is 0. The van der Waals surface area contributed by atoms with Crippen LogP contribution in [-0.2, 0) is 16.5 Å². The van der Waals surface area contributed by atoms with Crippen molar-refractivity contribution in [1.82, 2.24) is 10.2 Å². The second-order valence-electron chi connectivity index (χ2n) is 7.72. The van der Waals surface area contributed by atoms with E-state index in [1.807, 2.05) is 0 Å². The zero-order valence-corrected chi connectivity index (χ0v) is 16.9. The monoisotopic (exact) mass is 419 g/mol. The molecule has 28 heavy (non-hydrogen) atoms. The highest BCUT2D eigenvalue weighted by Gasteiger charge is 2.49. The SMILES string of the molecule is CNC(=O)C(N)(c1ccc(C(F)(F)F)cc1)C1CCCCC1N1CCCC1.Cl. The number of hydrogen-bond acceptors (Lipinski definition) is 3. The van der Waals surface area contributed by atoms with Gasteiger partial charge < -0.3 is 16.0 Å². The van der Waals surface area contributed by atoms with Gasteiger partial charge in [0.15, 0.2) is 0 Å². The van der Waals surface area contributed by atoms with Gasteiger partial charge in [0, 0.05) is 19.0 Å². The van der Waals surface area contributed by atoms with Crippen LogP contribution < -0.4 is 11.1 Å². The van der Waals surface area contributed by atoms with E-state index >= 15 is 0 Å². The minimum Gasteiger partial charge on any atom is -0.357 e. The average Bonchev–Trinajstić information content (AvgIpc) is 3.21. The number of rotatable bonds is 4. The third-order valence-electron chi connectivity index (χ3n) is 6.22. The first-order valence-electron chi connectivity index (χ1n) is 9.71. The number of likely N-dealkylation sites (N-methyl/N-ethyl adjacent to an activating group) is 1. The van der Waals surface area contributed by atoms with Crippen molar-refractivity contribution in [2.45, 2.75) is 56.3 Å². The van der Waals surface area contributed by atoms with Crippen molar-refractivity contribution in [2.24, 2.45) is 11.7 Å². The summed E-state index contributed by atoms with van der Waals surface area (Å²) in [5.41, 5.74) is 5.12. The number of nitrogens with one attached hydrogen (secondary N) is 1. The number of likely N-dealkylation sites (tertiary alicyclic amines) is 1. The molecule has 1 aromatic carbocycles. The van der Waals surface area contributed by atoms with Gasteiger partial charge >= 0.3 is 6.18 Å². The van der Waals surface area contributed by atoms with Crippen LogP contribution in [0.3, 0.4) is 0 Å². The van der Waals surface area contributed by atoms with Gasteiger partial charge in [0.2, 0.25) is 5.91 Å². The molecule has 2 aliphatic rings. The largest absolute Gasteiger partial charge is 0.416 e. The highest BCUT2D eigenvalue weighted by atomic mass is 35.5. The van der Waals surface area contributed by atoms with Crippen LogP contribution in [-0.4, -0.2) is 37.0 Å². The molecule has 3 rings (SSSR count). The zero-order chi connectivity index (χ0) is 19.7. The molecule has 3 atom stereocenters. The van der Waals surface area contributed by atoms with Gasteiger partial charge in [0.1, 0.15) is 5.54 Å². The lowest BCUT2D eigenvalue weighted by Gasteiger charge is -2.46. The number of carbonyl (C=O) groups is 1. The minimum atomic E-state index is -4.41. The van der Waals surface area contributed by atoms with Crippen molar-refractivity contribution in [3.63, 3.8) is 0 Å². The molecule has 1 saturated heterocycles. The Balaban J connectivity index is 0.00000280. The fourth-order valence-electron chi connectivity index (χ4n) is 4.81.